The summed E-state index contributed by atoms with van der Waals surface area (Å²) in [5.41, 5.74) is 1.43. The number of piperidine rings is 1. The molecule has 0 unspecified atom stereocenters. The van der Waals surface area contributed by atoms with Crippen LogP contribution >= 0.6 is 0 Å². The van der Waals surface area contributed by atoms with E-state index in [1.54, 1.807) is 0 Å². The van der Waals surface area contributed by atoms with Crippen molar-refractivity contribution in [1.82, 2.24) is 10.2 Å². The van der Waals surface area contributed by atoms with E-state index < -0.39 is 0 Å². The molecule has 1 saturated heterocycles. The average Bonchev–Trinajstić information content (AvgIpc) is 2.40. The van der Waals surface area contributed by atoms with Gasteiger partial charge in [-0.2, -0.15) is 0 Å². The number of hydrogen-bond donors (Lipinski definition) is 1. The Balaban J connectivity index is 1.83. The quantitative estimate of drug-likeness (QED) is 0.838. The Morgan fingerprint density at radius 1 is 1.12 bits per heavy atom. The first-order valence-electron chi connectivity index (χ1n) is 6.82. The third kappa shape index (κ3) is 4.14. The molecular formula is C15H24N2. The van der Waals surface area contributed by atoms with Gasteiger partial charge in [0.1, 0.15) is 0 Å². The van der Waals surface area contributed by atoms with E-state index in [4.69, 9.17) is 0 Å². The molecule has 2 nitrogen and oxygen atoms in total. The van der Waals surface area contributed by atoms with Crippen molar-refractivity contribution in [3.05, 3.63) is 35.9 Å². The SMILES string of the molecule is CN[C@@H](Cc1ccccc1)CN1CCCCC1. The molecule has 1 aliphatic rings. The van der Waals surface area contributed by atoms with Gasteiger partial charge in [-0.15, -0.1) is 0 Å². The maximum Gasteiger partial charge on any atom is 0.0232 e. The summed E-state index contributed by atoms with van der Waals surface area (Å²) < 4.78 is 0. The van der Waals surface area contributed by atoms with Gasteiger partial charge >= 0.3 is 0 Å². The van der Waals surface area contributed by atoms with Gasteiger partial charge in [0.25, 0.3) is 0 Å². The van der Waals surface area contributed by atoms with Gasteiger partial charge in [-0.05, 0) is 45.0 Å². The molecular weight excluding hydrogens is 208 g/mol. The van der Waals surface area contributed by atoms with E-state index in [1.165, 1.54) is 44.5 Å². The van der Waals surface area contributed by atoms with Crippen LogP contribution in [0.5, 0.6) is 0 Å². The lowest BCUT2D eigenvalue weighted by molar-refractivity contribution is 0.207. The van der Waals surface area contributed by atoms with Crippen LogP contribution in [0.15, 0.2) is 30.3 Å². The summed E-state index contributed by atoms with van der Waals surface area (Å²) in [6, 6.07) is 11.4. The maximum atomic E-state index is 3.46. The molecule has 94 valence electrons. The van der Waals surface area contributed by atoms with E-state index in [9.17, 15) is 0 Å². The van der Waals surface area contributed by atoms with E-state index in [1.807, 2.05) is 0 Å². The molecule has 0 saturated carbocycles. The van der Waals surface area contributed by atoms with Gasteiger partial charge in [0.05, 0.1) is 0 Å². The predicted molar refractivity (Wildman–Crippen MR) is 73.3 cm³/mol. The molecule has 0 spiro atoms. The minimum atomic E-state index is 0.579. The van der Waals surface area contributed by atoms with Gasteiger partial charge in [0, 0.05) is 12.6 Å². The predicted octanol–water partition coefficient (Wildman–Crippen LogP) is 2.30. The maximum absolute atomic E-state index is 3.46. The van der Waals surface area contributed by atoms with Gasteiger partial charge < -0.3 is 10.2 Å². The van der Waals surface area contributed by atoms with Crippen molar-refractivity contribution in [3.8, 4) is 0 Å². The highest BCUT2D eigenvalue weighted by Crippen LogP contribution is 2.10. The van der Waals surface area contributed by atoms with Crippen molar-refractivity contribution in [2.45, 2.75) is 31.7 Å². The normalized spacial score (nSPS) is 19.1. The number of rotatable bonds is 5. The molecule has 17 heavy (non-hydrogen) atoms. The first-order chi connectivity index (χ1) is 8.38. The van der Waals surface area contributed by atoms with Crippen LogP contribution in [0, 0.1) is 0 Å². The minimum absolute atomic E-state index is 0.579. The van der Waals surface area contributed by atoms with E-state index in [-0.39, 0.29) is 0 Å². The third-order valence-corrected chi connectivity index (χ3v) is 3.66. The van der Waals surface area contributed by atoms with Crippen LogP contribution < -0.4 is 5.32 Å². The first kappa shape index (κ1) is 12.6. The molecule has 2 heteroatoms. The van der Waals surface area contributed by atoms with E-state index in [0.29, 0.717) is 6.04 Å². The van der Waals surface area contributed by atoms with E-state index in [0.717, 1.165) is 6.42 Å². The Labute approximate surface area is 105 Å². The van der Waals surface area contributed by atoms with Crippen molar-refractivity contribution >= 4 is 0 Å². The molecule has 2 rings (SSSR count). The number of likely N-dealkylation sites (N-methyl/N-ethyl adjacent to an activating group) is 1. The molecule has 1 aromatic rings. The fraction of sp³-hybridized carbons (Fsp3) is 0.600. The lowest BCUT2D eigenvalue weighted by Crippen LogP contribution is -2.42. The van der Waals surface area contributed by atoms with Gasteiger partial charge in [-0.1, -0.05) is 36.8 Å². The second-order valence-corrected chi connectivity index (χ2v) is 5.04. The zero-order valence-electron chi connectivity index (χ0n) is 10.9. The van der Waals surface area contributed by atoms with Crippen LogP contribution in [0.25, 0.3) is 0 Å². The zero-order chi connectivity index (χ0) is 11.9. The highest BCUT2D eigenvalue weighted by molar-refractivity contribution is 5.16. The third-order valence-electron chi connectivity index (χ3n) is 3.66. The van der Waals surface area contributed by atoms with Gasteiger partial charge in [0.15, 0.2) is 0 Å². The van der Waals surface area contributed by atoms with Crippen LogP contribution in [0.4, 0.5) is 0 Å². The topological polar surface area (TPSA) is 15.3 Å². The molecule has 1 fully saturated rings. The Bertz CT molecular complexity index is 304. The van der Waals surface area contributed by atoms with Crippen molar-refractivity contribution in [2.24, 2.45) is 0 Å². The van der Waals surface area contributed by atoms with Crippen LogP contribution in [-0.2, 0) is 6.42 Å². The largest absolute Gasteiger partial charge is 0.315 e. The molecule has 0 aliphatic carbocycles. The fourth-order valence-corrected chi connectivity index (χ4v) is 2.61. The summed E-state index contributed by atoms with van der Waals surface area (Å²) in [6.07, 6.45) is 5.30. The van der Waals surface area contributed by atoms with Crippen LogP contribution in [0.1, 0.15) is 24.8 Å². The molecule has 1 atom stereocenters. The second-order valence-electron chi connectivity index (χ2n) is 5.04. The highest BCUT2D eigenvalue weighted by atomic mass is 15.1. The Hall–Kier alpha value is -0.860. The Kier molecular flexibility index (Phi) is 5.02. The minimum Gasteiger partial charge on any atom is -0.315 e. The number of hydrogen-bond acceptors (Lipinski definition) is 2. The van der Waals surface area contributed by atoms with Gasteiger partial charge in [-0.3, -0.25) is 0 Å². The van der Waals surface area contributed by atoms with Crippen molar-refractivity contribution < 1.29 is 0 Å². The summed E-state index contributed by atoms with van der Waals surface area (Å²) in [7, 11) is 2.08. The fourth-order valence-electron chi connectivity index (χ4n) is 2.61. The number of nitrogens with one attached hydrogen (secondary N) is 1. The summed E-state index contributed by atoms with van der Waals surface area (Å²) in [4.78, 5) is 2.60. The smallest absolute Gasteiger partial charge is 0.0232 e. The number of likely N-dealkylation sites (tertiary alicyclic amines) is 1. The molecule has 1 heterocycles. The standard InChI is InChI=1S/C15H24N2/c1-16-15(12-14-8-4-2-5-9-14)13-17-10-6-3-7-11-17/h2,4-5,8-9,15-16H,3,6-7,10-13H2,1H3/t15-/m0/s1. The van der Waals surface area contributed by atoms with Crippen LogP contribution in [0.3, 0.4) is 0 Å². The van der Waals surface area contributed by atoms with E-state index >= 15 is 0 Å². The Morgan fingerprint density at radius 2 is 1.82 bits per heavy atom. The molecule has 0 bridgehead atoms. The lowest BCUT2D eigenvalue weighted by Gasteiger charge is -2.30. The molecule has 1 N–H and O–H groups in total. The van der Waals surface area contributed by atoms with Crippen molar-refractivity contribution in [3.63, 3.8) is 0 Å². The molecule has 0 aromatic heterocycles. The summed E-state index contributed by atoms with van der Waals surface area (Å²) in [6.45, 7) is 3.76. The molecule has 1 aliphatic heterocycles. The average molecular weight is 232 g/mol. The Morgan fingerprint density at radius 3 is 2.47 bits per heavy atom. The summed E-state index contributed by atoms with van der Waals surface area (Å²) >= 11 is 0. The van der Waals surface area contributed by atoms with Crippen LogP contribution in [-0.4, -0.2) is 37.6 Å². The van der Waals surface area contributed by atoms with Gasteiger partial charge in [-0.25, -0.2) is 0 Å². The molecule has 1 aromatic carbocycles. The number of benzene rings is 1. The molecule has 0 amide bonds. The van der Waals surface area contributed by atoms with Crippen LogP contribution in [0.2, 0.25) is 0 Å². The van der Waals surface area contributed by atoms with Gasteiger partial charge in [0.2, 0.25) is 0 Å². The zero-order valence-corrected chi connectivity index (χ0v) is 10.9. The summed E-state index contributed by atoms with van der Waals surface area (Å²) in [5, 5.41) is 3.46. The lowest BCUT2D eigenvalue weighted by atomic mass is 10.0. The monoisotopic (exact) mass is 232 g/mol. The van der Waals surface area contributed by atoms with E-state index in [2.05, 4.69) is 47.6 Å². The van der Waals surface area contributed by atoms with Crippen molar-refractivity contribution in [2.75, 3.05) is 26.7 Å². The first-order valence-corrected chi connectivity index (χ1v) is 6.82. The number of nitrogens with zero attached hydrogens (tertiary/aromatic N) is 1. The highest BCUT2D eigenvalue weighted by Gasteiger charge is 2.15. The van der Waals surface area contributed by atoms with Crippen molar-refractivity contribution in [1.29, 1.82) is 0 Å². The molecule has 0 radical (unpaired) electrons. The summed E-state index contributed by atoms with van der Waals surface area (Å²) in [5.74, 6) is 0. The second kappa shape index (κ2) is 6.77.